The van der Waals surface area contributed by atoms with Crippen molar-refractivity contribution in [3.8, 4) is 0 Å². The van der Waals surface area contributed by atoms with E-state index in [1.165, 1.54) is 0 Å². The van der Waals surface area contributed by atoms with E-state index in [-0.39, 0.29) is 25.3 Å². The third kappa shape index (κ3) is 5.96. The van der Waals surface area contributed by atoms with Crippen LogP contribution >= 0.6 is 0 Å². The second kappa shape index (κ2) is 8.04. The summed E-state index contributed by atoms with van der Waals surface area (Å²) in [5.74, 6) is -0.148. The second-order valence-electron chi connectivity index (χ2n) is 4.76. The Morgan fingerprint density at radius 3 is 2.79 bits per heavy atom. The van der Waals surface area contributed by atoms with E-state index in [2.05, 4.69) is 10.3 Å². The number of carbonyl (C=O) groups is 1. The molecule has 0 aromatic heterocycles. The first kappa shape index (κ1) is 15.8. The average molecular weight is 270 g/mol. The molecule has 6 heteroatoms. The quantitative estimate of drug-likeness (QED) is 0.495. The van der Waals surface area contributed by atoms with Crippen LogP contribution in [0.25, 0.3) is 0 Å². The van der Waals surface area contributed by atoms with Crippen LogP contribution in [0.3, 0.4) is 0 Å². The highest BCUT2D eigenvalue weighted by atomic mass is 16.4. The van der Waals surface area contributed by atoms with Crippen LogP contribution < -0.4 is 5.32 Å². The highest BCUT2D eigenvalue weighted by Crippen LogP contribution is 2.09. The van der Waals surface area contributed by atoms with Crippen molar-refractivity contribution in [2.24, 2.45) is 4.99 Å². The molecule has 6 nitrogen and oxygen atoms in total. The Bertz CT molecular complexity index is 349. The SMILES string of the molecule is O=C(C/C=C1\C=NCCC1)NCCC(O)(CO)CO. The lowest BCUT2D eigenvalue weighted by Gasteiger charge is -2.22. The van der Waals surface area contributed by atoms with Gasteiger partial charge < -0.3 is 20.6 Å². The number of aliphatic hydroxyl groups excluding tert-OH is 2. The number of nitrogens with zero attached hydrogens (tertiary/aromatic N) is 1. The predicted octanol–water partition coefficient (Wildman–Crippen LogP) is -0.610. The molecule has 0 aromatic carbocycles. The van der Waals surface area contributed by atoms with E-state index < -0.39 is 18.8 Å². The van der Waals surface area contributed by atoms with Gasteiger partial charge in [0.1, 0.15) is 5.60 Å². The van der Waals surface area contributed by atoms with E-state index in [0.29, 0.717) is 0 Å². The first-order valence-corrected chi connectivity index (χ1v) is 6.49. The van der Waals surface area contributed by atoms with Crippen molar-refractivity contribution < 1.29 is 20.1 Å². The number of hydrogen-bond donors (Lipinski definition) is 4. The smallest absolute Gasteiger partial charge is 0.223 e. The zero-order chi connectivity index (χ0) is 14.1. The van der Waals surface area contributed by atoms with Gasteiger partial charge >= 0.3 is 0 Å². The van der Waals surface area contributed by atoms with Crippen LogP contribution in [0.1, 0.15) is 25.7 Å². The number of rotatable bonds is 7. The minimum atomic E-state index is -1.53. The van der Waals surface area contributed by atoms with Gasteiger partial charge in [-0.3, -0.25) is 9.79 Å². The third-order valence-corrected chi connectivity index (χ3v) is 3.06. The lowest BCUT2D eigenvalue weighted by Crippen LogP contribution is -2.41. The van der Waals surface area contributed by atoms with Gasteiger partial charge in [0.2, 0.25) is 5.91 Å². The van der Waals surface area contributed by atoms with Crippen LogP contribution in [-0.2, 0) is 4.79 Å². The molecule has 0 bridgehead atoms. The Kier molecular flexibility index (Phi) is 6.69. The Balaban J connectivity index is 2.24. The molecule has 0 atom stereocenters. The third-order valence-electron chi connectivity index (χ3n) is 3.06. The number of hydrogen-bond acceptors (Lipinski definition) is 5. The Morgan fingerprint density at radius 1 is 1.47 bits per heavy atom. The summed E-state index contributed by atoms with van der Waals surface area (Å²) in [4.78, 5) is 15.7. The molecule has 0 fully saturated rings. The first-order chi connectivity index (χ1) is 9.09. The number of aliphatic imine (C=N–C) groups is 1. The maximum absolute atomic E-state index is 11.5. The van der Waals surface area contributed by atoms with Gasteiger partial charge in [-0.25, -0.2) is 0 Å². The molecule has 1 rings (SSSR count). The lowest BCUT2D eigenvalue weighted by atomic mass is 10.0. The monoisotopic (exact) mass is 270 g/mol. The van der Waals surface area contributed by atoms with Gasteiger partial charge in [0.25, 0.3) is 0 Å². The first-order valence-electron chi connectivity index (χ1n) is 6.49. The summed E-state index contributed by atoms with van der Waals surface area (Å²) in [5, 5.41) is 30.0. The molecule has 1 aliphatic heterocycles. The van der Waals surface area contributed by atoms with E-state index in [1.807, 2.05) is 6.08 Å². The number of aliphatic hydroxyl groups is 3. The summed E-state index contributed by atoms with van der Waals surface area (Å²) in [7, 11) is 0. The maximum Gasteiger partial charge on any atom is 0.223 e. The van der Waals surface area contributed by atoms with Crippen LogP contribution in [0, 0.1) is 0 Å². The summed E-state index contributed by atoms with van der Waals surface area (Å²) in [5.41, 5.74) is -0.453. The average Bonchev–Trinajstić information content (AvgIpc) is 2.46. The van der Waals surface area contributed by atoms with Gasteiger partial charge in [-0.05, 0) is 24.8 Å². The summed E-state index contributed by atoms with van der Waals surface area (Å²) in [6, 6.07) is 0. The Hall–Kier alpha value is -1.24. The van der Waals surface area contributed by atoms with Crippen molar-refractivity contribution >= 4 is 12.1 Å². The molecular formula is C13H22N2O4. The molecule has 1 heterocycles. The number of nitrogens with one attached hydrogen (secondary N) is 1. The molecule has 0 unspecified atom stereocenters. The molecule has 1 amide bonds. The molecule has 1 aliphatic rings. The molecule has 0 spiro atoms. The van der Waals surface area contributed by atoms with Crippen molar-refractivity contribution in [2.75, 3.05) is 26.3 Å². The summed E-state index contributed by atoms with van der Waals surface area (Å²) in [6.45, 7) is 0.0118. The van der Waals surface area contributed by atoms with Gasteiger partial charge in [-0.1, -0.05) is 6.08 Å². The van der Waals surface area contributed by atoms with Gasteiger partial charge in [-0.2, -0.15) is 0 Å². The summed E-state index contributed by atoms with van der Waals surface area (Å²) < 4.78 is 0. The van der Waals surface area contributed by atoms with Crippen molar-refractivity contribution in [3.63, 3.8) is 0 Å². The topological polar surface area (TPSA) is 102 Å². The fourth-order valence-electron chi connectivity index (χ4n) is 1.71. The molecular weight excluding hydrogens is 248 g/mol. The maximum atomic E-state index is 11.5. The van der Waals surface area contributed by atoms with E-state index >= 15 is 0 Å². The van der Waals surface area contributed by atoms with Crippen LogP contribution in [0.4, 0.5) is 0 Å². The number of carbonyl (C=O) groups excluding carboxylic acids is 1. The molecule has 0 radical (unpaired) electrons. The van der Waals surface area contributed by atoms with Crippen molar-refractivity contribution in [1.82, 2.24) is 5.32 Å². The normalized spacial score (nSPS) is 17.7. The lowest BCUT2D eigenvalue weighted by molar-refractivity contribution is -0.120. The molecule has 0 saturated carbocycles. The predicted molar refractivity (Wildman–Crippen MR) is 72.0 cm³/mol. The van der Waals surface area contributed by atoms with Crippen LogP contribution in [0.2, 0.25) is 0 Å². The summed E-state index contributed by atoms with van der Waals surface area (Å²) >= 11 is 0. The number of allylic oxidation sites excluding steroid dienone is 1. The molecule has 108 valence electrons. The molecule has 19 heavy (non-hydrogen) atoms. The molecule has 0 saturated heterocycles. The summed E-state index contributed by atoms with van der Waals surface area (Å²) in [6.07, 6.45) is 6.01. The van der Waals surface area contributed by atoms with Crippen LogP contribution in [-0.4, -0.2) is 59.3 Å². The van der Waals surface area contributed by atoms with Crippen LogP contribution in [0.5, 0.6) is 0 Å². The molecule has 0 aliphatic carbocycles. The standard InChI is InChI=1S/C13H22N2O4/c16-9-13(19,10-17)5-7-15-12(18)4-3-11-2-1-6-14-8-11/h3,8,16-17,19H,1-2,4-7,9-10H2,(H,15,18)/b11-3-. The van der Waals surface area contributed by atoms with E-state index in [1.54, 1.807) is 6.21 Å². The molecule has 0 aromatic rings. The van der Waals surface area contributed by atoms with E-state index in [0.717, 1.165) is 25.0 Å². The fourth-order valence-corrected chi connectivity index (χ4v) is 1.71. The van der Waals surface area contributed by atoms with Gasteiger partial charge in [0.05, 0.1) is 13.2 Å². The van der Waals surface area contributed by atoms with Gasteiger partial charge in [0, 0.05) is 25.7 Å². The largest absolute Gasteiger partial charge is 0.393 e. The van der Waals surface area contributed by atoms with Crippen LogP contribution in [0.15, 0.2) is 16.6 Å². The zero-order valence-corrected chi connectivity index (χ0v) is 11.0. The van der Waals surface area contributed by atoms with Crippen molar-refractivity contribution in [1.29, 1.82) is 0 Å². The second-order valence-corrected chi connectivity index (χ2v) is 4.76. The Labute approximate surface area is 112 Å². The van der Waals surface area contributed by atoms with Gasteiger partial charge in [-0.15, -0.1) is 0 Å². The zero-order valence-electron chi connectivity index (χ0n) is 11.0. The van der Waals surface area contributed by atoms with E-state index in [9.17, 15) is 9.90 Å². The van der Waals surface area contributed by atoms with Gasteiger partial charge in [0.15, 0.2) is 0 Å². The molecule has 4 N–H and O–H groups in total. The highest BCUT2D eigenvalue weighted by molar-refractivity contribution is 5.82. The minimum absolute atomic E-state index is 0.115. The van der Waals surface area contributed by atoms with E-state index in [4.69, 9.17) is 10.2 Å². The minimum Gasteiger partial charge on any atom is -0.393 e. The fraction of sp³-hybridized carbons (Fsp3) is 0.692. The highest BCUT2D eigenvalue weighted by Gasteiger charge is 2.24. The Morgan fingerprint density at radius 2 is 2.21 bits per heavy atom. The van der Waals surface area contributed by atoms with Crippen molar-refractivity contribution in [2.45, 2.75) is 31.3 Å². The van der Waals surface area contributed by atoms with Crippen molar-refractivity contribution in [3.05, 3.63) is 11.6 Å². The number of amides is 1.